The van der Waals surface area contributed by atoms with Crippen molar-refractivity contribution in [3.05, 3.63) is 100 Å². The number of benzene rings is 4. The fourth-order valence-corrected chi connectivity index (χ4v) is 5.70. The van der Waals surface area contributed by atoms with Crippen molar-refractivity contribution in [2.45, 2.75) is 19.3 Å². The summed E-state index contributed by atoms with van der Waals surface area (Å²) < 4.78 is 2.30. The number of para-hydroxylation sites is 2. The monoisotopic (exact) mass is 385 g/mol. The zero-order chi connectivity index (χ0) is 20.2. The first-order valence-electron chi connectivity index (χ1n) is 10.4. The van der Waals surface area contributed by atoms with Crippen LogP contribution in [-0.2, 0) is 5.41 Å². The van der Waals surface area contributed by atoms with Gasteiger partial charge in [0.2, 0.25) is 0 Å². The average molecular weight is 385 g/mol. The van der Waals surface area contributed by atoms with Gasteiger partial charge < -0.3 is 4.40 Å². The first-order chi connectivity index (χ1) is 14.6. The molecule has 0 saturated carbocycles. The van der Waals surface area contributed by atoms with Gasteiger partial charge in [-0.25, -0.2) is 0 Å². The standard InChI is InChI=1S/C28H19NO/c1-28(2)22-12-5-3-8-16(22)20-14-21-17-10-7-11-19-26(17)29(25(21)15-23(20)28)24-13-6-4-9-18(24)27(19)30/h3-15H,1-2H3. The van der Waals surface area contributed by atoms with E-state index in [4.69, 9.17) is 0 Å². The number of nitrogens with zero attached hydrogens (tertiary/aromatic N) is 1. The molecular formula is C28H19NO. The predicted octanol–water partition coefficient (Wildman–Crippen LogP) is 6.50. The van der Waals surface area contributed by atoms with Gasteiger partial charge in [0.15, 0.2) is 5.43 Å². The van der Waals surface area contributed by atoms with Crippen molar-refractivity contribution in [1.82, 2.24) is 4.40 Å². The normalized spacial score (nSPS) is 14.7. The summed E-state index contributed by atoms with van der Waals surface area (Å²) in [6.07, 6.45) is 0. The van der Waals surface area contributed by atoms with Crippen molar-refractivity contribution >= 4 is 38.1 Å². The quantitative estimate of drug-likeness (QED) is 0.273. The lowest BCUT2D eigenvalue weighted by Crippen LogP contribution is -2.14. The molecule has 0 unspecified atom stereocenters. The first-order valence-corrected chi connectivity index (χ1v) is 10.4. The number of aromatic nitrogens is 1. The van der Waals surface area contributed by atoms with E-state index in [9.17, 15) is 4.79 Å². The molecule has 0 saturated heterocycles. The van der Waals surface area contributed by atoms with E-state index in [0.29, 0.717) is 0 Å². The smallest absolute Gasteiger partial charge is 0.197 e. The average Bonchev–Trinajstić information content (AvgIpc) is 3.21. The van der Waals surface area contributed by atoms with Gasteiger partial charge in [-0.05, 0) is 52.6 Å². The largest absolute Gasteiger partial charge is 0.308 e. The van der Waals surface area contributed by atoms with Gasteiger partial charge >= 0.3 is 0 Å². The molecule has 2 heteroatoms. The van der Waals surface area contributed by atoms with Crippen molar-refractivity contribution in [1.29, 1.82) is 0 Å². The third kappa shape index (κ3) is 1.70. The summed E-state index contributed by atoms with van der Waals surface area (Å²) in [7, 11) is 0. The summed E-state index contributed by atoms with van der Waals surface area (Å²) >= 11 is 0. The molecule has 0 aliphatic heterocycles. The summed E-state index contributed by atoms with van der Waals surface area (Å²) in [5, 5.41) is 3.93. The van der Waals surface area contributed by atoms with Crippen LogP contribution in [0.4, 0.5) is 0 Å². The Kier molecular flexibility index (Phi) is 2.74. The SMILES string of the molecule is CC1(C)c2ccccc2-c2cc3c4cccc5c(=O)c6ccccc6n(c3cc21)c54. The zero-order valence-corrected chi connectivity index (χ0v) is 16.9. The second-order valence-electron chi connectivity index (χ2n) is 8.97. The van der Waals surface area contributed by atoms with Crippen LogP contribution in [0, 0.1) is 0 Å². The molecule has 0 spiro atoms. The van der Waals surface area contributed by atoms with Crippen LogP contribution in [0.2, 0.25) is 0 Å². The highest BCUT2D eigenvalue weighted by Gasteiger charge is 2.36. The fourth-order valence-electron chi connectivity index (χ4n) is 5.70. The Morgan fingerprint density at radius 1 is 0.633 bits per heavy atom. The van der Waals surface area contributed by atoms with Crippen LogP contribution in [0.15, 0.2) is 83.7 Å². The molecule has 0 bridgehead atoms. The highest BCUT2D eigenvalue weighted by Crippen LogP contribution is 2.50. The molecule has 2 heterocycles. The topological polar surface area (TPSA) is 21.5 Å². The summed E-state index contributed by atoms with van der Waals surface area (Å²) in [4.78, 5) is 13.2. The van der Waals surface area contributed by atoms with Crippen LogP contribution >= 0.6 is 0 Å². The third-order valence-electron chi connectivity index (χ3n) is 7.12. The highest BCUT2D eigenvalue weighted by molar-refractivity contribution is 6.18. The number of pyridine rings is 1. The number of rotatable bonds is 0. The fraction of sp³-hybridized carbons (Fsp3) is 0.107. The van der Waals surface area contributed by atoms with Crippen LogP contribution in [0.25, 0.3) is 49.2 Å². The Morgan fingerprint density at radius 2 is 1.37 bits per heavy atom. The minimum atomic E-state index is -0.0519. The van der Waals surface area contributed by atoms with Crippen LogP contribution < -0.4 is 5.43 Å². The van der Waals surface area contributed by atoms with Gasteiger partial charge in [0.05, 0.1) is 16.6 Å². The molecule has 7 rings (SSSR count). The molecule has 1 aliphatic rings. The van der Waals surface area contributed by atoms with Crippen molar-refractivity contribution in [3.8, 4) is 11.1 Å². The minimum Gasteiger partial charge on any atom is -0.308 e. The minimum absolute atomic E-state index is 0.0519. The van der Waals surface area contributed by atoms with Crippen molar-refractivity contribution in [2.75, 3.05) is 0 Å². The molecule has 6 aromatic rings. The molecule has 0 amide bonds. The maximum Gasteiger partial charge on any atom is 0.197 e. The van der Waals surface area contributed by atoms with E-state index in [2.05, 4.69) is 66.8 Å². The summed E-state index contributed by atoms with van der Waals surface area (Å²) in [5.41, 5.74) is 8.62. The molecule has 4 aromatic carbocycles. The van der Waals surface area contributed by atoms with Gasteiger partial charge in [-0.1, -0.05) is 62.4 Å². The molecule has 2 aromatic heterocycles. The molecule has 2 nitrogen and oxygen atoms in total. The molecule has 1 aliphatic carbocycles. The van der Waals surface area contributed by atoms with E-state index in [1.807, 2.05) is 30.3 Å². The van der Waals surface area contributed by atoms with E-state index in [-0.39, 0.29) is 10.8 Å². The Hall–Kier alpha value is -3.65. The predicted molar refractivity (Wildman–Crippen MR) is 125 cm³/mol. The molecule has 0 radical (unpaired) electrons. The Balaban J connectivity index is 1.79. The van der Waals surface area contributed by atoms with Crippen LogP contribution in [0.3, 0.4) is 0 Å². The number of hydrogen-bond acceptors (Lipinski definition) is 1. The summed E-state index contributed by atoms with van der Waals surface area (Å²) in [6.45, 7) is 4.62. The van der Waals surface area contributed by atoms with Crippen molar-refractivity contribution in [2.24, 2.45) is 0 Å². The number of hydrogen-bond donors (Lipinski definition) is 0. The van der Waals surface area contributed by atoms with Crippen LogP contribution in [0.5, 0.6) is 0 Å². The van der Waals surface area contributed by atoms with Gasteiger partial charge in [0.25, 0.3) is 0 Å². The molecule has 30 heavy (non-hydrogen) atoms. The van der Waals surface area contributed by atoms with Crippen LogP contribution in [0.1, 0.15) is 25.0 Å². The van der Waals surface area contributed by atoms with Gasteiger partial charge in [-0.3, -0.25) is 4.79 Å². The van der Waals surface area contributed by atoms with E-state index in [0.717, 1.165) is 27.2 Å². The Labute approximate surface area is 173 Å². The van der Waals surface area contributed by atoms with Gasteiger partial charge in [-0.2, -0.15) is 0 Å². The van der Waals surface area contributed by atoms with Gasteiger partial charge in [-0.15, -0.1) is 0 Å². The highest BCUT2D eigenvalue weighted by atomic mass is 16.1. The number of fused-ring (bicyclic) bond motifs is 8. The second-order valence-corrected chi connectivity index (χ2v) is 8.97. The molecule has 0 fully saturated rings. The Bertz CT molecular complexity index is 1740. The molecule has 142 valence electrons. The summed E-state index contributed by atoms with van der Waals surface area (Å²) in [5.74, 6) is 0. The van der Waals surface area contributed by atoms with Gasteiger partial charge in [0.1, 0.15) is 0 Å². The third-order valence-corrected chi connectivity index (χ3v) is 7.12. The Morgan fingerprint density at radius 3 is 2.27 bits per heavy atom. The van der Waals surface area contributed by atoms with Gasteiger partial charge in [0, 0.05) is 27.0 Å². The van der Waals surface area contributed by atoms with E-state index in [1.54, 1.807) is 0 Å². The van der Waals surface area contributed by atoms with E-state index < -0.39 is 0 Å². The molecule has 0 atom stereocenters. The lowest BCUT2D eigenvalue weighted by Gasteiger charge is -2.21. The molecular weight excluding hydrogens is 366 g/mol. The van der Waals surface area contributed by atoms with Crippen LogP contribution in [-0.4, -0.2) is 4.40 Å². The van der Waals surface area contributed by atoms with E-state index >= 15 is 0 Å². The second kappa shape index (κ2) is 5.09. The lowest BCUT2D eigenvalue weighted by atomic mass is 9.82. The van der Waals surface area contributed by atoms with E-state index in [1.165, 1.54) is 33.2 Å². The maximum atomic E-state index is 13.2. The van der Waals surface area contributed by atoms with Crippen molar-refractivity contribution < 1.29 is 0 Å². The summed E-state index contributed by atoms with van der Waals surface area (Å²) in [6, 6.07) is 27.5. The zero-order valence-electron chi connectivity index (χ0n) is 16.9. The maximum absolute atomic E-state index is 13.2. The molecule has 0 N–H and O–H groups in total. The van der Waals surface area contributed by atoms with Crippen molar-refractivity contribution in [3.63, 3.8) is 0 Å². The first kappa shape index (κ1) is 16.2. The lowest BCUT2D eigenvalue weighted by molar-refractivity contribution is 0.661.